The molecule has 8 heteroatoms. The van der Waals surface area contributed by atoms with Crippen LogP contribution in [0.2, 0.25) is 0 Å². The zero-order valence-corrected chi connectivity index (χ0v) is 15.7. The summed E-state index contributed by atoms with van der Waals surface area (Å²) in [5.74, 6) is 1.53. The fraction of sp³-hybridized carbons (Fsp3) is 0.444. The molecule has 0 radical (unpaired) electrons. The van der Waals surface area contributed by atoms with Gasteiger partial charge in [0.05, 0.1) is 18.1 Å². The van der Waals surface area contributed by atoms with Gasteiger partial charge in [-0.1, -0.05) is 39.8 Å². The number of rotatable bonds is 3. The molecule has 4 heterocycles. The molecule has 0 spiro atoms. The second kappa shape index (κ2) is 5.55. The minimum atomic E-state index is -0.182. The lowest BCUT2D eigenvalue weighted by Crippen LogP contribution is -2.22. The van der Waals surface area contributed by atoms with E-state index in [0.717, 1.165) is 29.1 Å². The summed E-state index contributed by atoms with van der Waals surface area (Å²) in [5.41, 5.74) is 2.59. The lowest BCUT2D eigenvalue weighted by molar-refractivity contribution is 0.504. The van der Waals surface area contributed by atoms with E-state index in [2.05, 4.69) is 66.3 Å². The molecule has 0 saturated carbocycles. The van der Waals surface area contributed by atoms with Crippen LogP contribution in [0.5, 0.6) is 0 Å². The second-order valence-electron chi connectivity index (χ2n) is 8.32. The number of hydrogen-bond acceptors (Lipinski definition) is 6. The first-order valence-electron chi connectivity index (χ1n) is 8.62. The van der Waals surface area contributed by atoms with E-state index in [0.29, 0.717) is 5.78 Å². The molecule has 0 aromatic carbocycles. The summed E-state index contributed by atoms with van der Waals surface area (Å²) in [6.45, 7) is 10.7. The van der Waals surface area contributed by atoms with Gasteiger partial charge in [-0.25, -0.2) is 14.5 Å². The van der Waals surface area contributed by atoms with Gasteiger partial charge in [-0.15, -0.1) is 15.3 Å². The van der Waals surface area contributed by atoms with E-state index < -0.39 is 0 Å². The predicted molar refractivity (Wildman–Crippen MR) is 97.0 cm³/mol. The first-order valence-corrected chi connectivity index (χ1v) is 8.62. The van der Waals surface area contributed by atoms with Crippen molar-refractivity contribution in [1.29, 1.82) is 0 Å². The van der Waals surface area contributed by atoms with Gasteiger partial charge in [-0.05, 0) is 12.0 Å². The summed E-state index contributed by atoms with van der Waals surface area (Å²) in [5, 5.41) is 16.5. The van der Waals surface area contributed by atoms with Crippen LogP contribution in [0.3, 0.4) is 0 Å². The van der Waals surface area contributed by atoms with Gasteiger partial charge in [-0.2, -0.15) is 0 Å². The van der Waals surface area contributed by atoms with Crippen LogP contribution in [0.25, 0.3) is 11.4 Å². The number of fused-ring (bicyclic) bond motifs is 2. The molecule has 134 valence electrons. The highest BCUT2D eigenvalue weighted by Gasteiger charge is 2.26. The molecule has 4 aromatic heterocycles. The molecule has 0 unspecified atom stereocenters. The third-order valence-corrected chi connectivity index (χ3v) is 4.48. The molecular weight excluding hydrogens is 328 g/mol. The highest BCUT2D eigenvalue weighted by molar-refractivity contribution is 5.39. The van der Waals surface area contributed by atoms with Gasteiger partial charge < -0.3 is 0 Å². The van der Waals surface area contributed by atoms with E-state index in [9.17, 15) is 0 Å². The molecule has 0 aliphatic rings. The number of imidazole rings is 1. The van der Waals surface area contributed by atoms with Crippen LogP contribution in [0, 0.1) is 0 Å². The van der Waals surface area contributed by atoms with Crippen molar-refractivity contribution in [1.82, 2.24) is 39.4 Å². The maximum atomic E-state index is 4.70. The van der Waals surface area contributed by atoms with E-state index >= 15 is 0 Å². The first kappa shape index (κ1) is 16.6. The van der Waals surface area contributed by atoms with Gasteiger partial charge >= 0.3 is 0 Å². The topological polar surface area (TPSA) is 86.2 Å². The Kier molecular flexibility index (Phi) is 3.54. The number of aromatic nitrogens is 8. The molecule has 8 nitrogen and oxygen atoms in total. The SMILES string of the molecule is CC(C)(C)c1nnc2ncc(CC(C)(C)c3cn4nnccc4n3)cn12. The van der Waals surface area contributed by atoms with Crippen LogP contribution in [0.4, 0.5) is 0 Å². The van der Waals surface area contributed by atoms with E-state index in [1.807, 2.05) is 22.9 Å². The molecule has 26 heavy (non-hydrogen) atoms. The normalized spacial score (nSPS) is 13.0. The van der Waals surface area contributed by atoms with Gasteiger partial charge in [0, 0.05) is 29.3 Å². The van der Waals surface area contributed by atoms with Crippen molar-refractivity contribution >= 4 is 11.4 Å². The Morgan fingerprint density at radius 1 is 1.04 bits per heavy atom. The summed E-state index contributed by atoms with van der Waals surface area (Å²) in [6, 6.07) is 1.85. The highest BCUT2D eigenvalue weighted by atomic mass is 15.4. The van der Waals surface area contributed by atoms with Crippen molar-refractivity contribution < 1.29 is 0 Å². The summed E-state index contributed by atoms with van der Waals surface area (Å²) >= 11 is 0. The van der Waals surface area contributed by atoms with Crippen molar-refractivity contribution in [2.24, 2.45) is 0 Å². The molecule has 0 fully saturated rings. The Morgan fingerprint density at radius 3 is 2.58 bits per heavy atom. The average Bonchev–Trinajstić information content (AvgIpc) is 3.18. The molecule has 0 bridgehead atoms. The summed E-state index contributed by atoms with van der Waals surface area (Å²) < 4.78 is 3.69. The van der Waals surface area contributed by atoms with Crippen LogP contribution in [-0.4, -0.2) is 39.4 Å². The quantitative estimate of drug-likeness (QED) is 0.564. The van der Waals surface area contributed by atoms with Crippen LogP contribution >= 0.6 is 0 Å². The lowest BCUT2D eigenvalue weighted by Gasteiger charge is -2.22. The first-order chi connectivity index (χ1) is 12.2. The second-order valence-corrected chi connectivity index (χ2v) is 8.32. The monoisotopic (exact) mass is 350 g/mol. The van der Waals surface area contributed by atoms with Crippen LogP contribution in [-0.2, 0) is 17.3 Å². The molecule has 0 N–H and O–H groups in total. The minimum absolute atomic E-state index is 0.102. The third-order valence-electron chi connectivity index (χ3n) is 4.48. The molecule has 0 aliphatic carbocycles. The molecule has 0 amide bonds. The van der Waals surface area contributed by atoms with Crippen molar-refractivity contribution in [2.45, 2.75) is 51.9 Å². The smallest absolute Gasteiger partial charge is 0.254 e. The van der Waals surface area contributed by atoms with Crippen molar-refractivity contribution in [3.05, 3.63) is 47.9 Å². The molecule has 0 aliphatic heterocycles. The standard InChI is InChI=1S/C18H22N8/c1-17(2,3)15-22-23-16-19-9-12(10-25(15)16)8-18(4,5)13-11-26-14(21-13)6-7-20-24-26/h6-7,9-11H,8H2,1-5H3. The van der Waals surface area contributed by atoms with Crippen molar-refractivity contribution in [3.63, 3.8) is 0 Å². The highest BCUT2D eigenvalue weighted by Crippen LogP contribution is 2.27. The summed E-state index contributed by atoms with van der Waals surface area (Å²) in [7, 11) is 0. The maximum Gasteiger partial charge on any atom is 0.254 e. The zero-order chi connectivity index (χ0) is 18.5. The Bertz CT molecular complexity index is 1050. The third kappa shape index (κ3) is 2.81. The molecular formula is C18H22N8. The molecule has 0 saturated heterocycles. The fourth-order valence-corrected chi connectivity index (χ4v) is 3.12. The number of nitrogens with zero attached hydrogens (tertiary/aromatic N) is 8. The van der Waals surface area contributed by atoms with Crippen LogP contribution in [0.1, 0.15) is 51.7 Å². The Balaban J connectivity index is 1.71. The van der Waals surface area contributed by atoms with E-state index in [1.165, 1.54) is 0 Å². The van der Waals surface area contributed by atoms with E-state index in [4.69, 9.17) is 4.98 Å². The number of hydrogen-bond donors (Lipinski definition) is 0. The fourth-order valence-electron chi connectivity index (χ4n) is 3.12. The van der Waals surface area contributed by atoms with E-state index in [1.54, 1.807) is 10.7 Å². The minimum Gasteiger partial charge on any atom is -0.270 e. The van der Waals surface area contributed by atoms with Crippen molar-refractivity contribution in [3.8, 4) is 0 Å². The van der Waals surface area contributed by atoms with Gasteiger partial charge in [0.15, 0.2) is 5.65 Å². The summed E-state index contributed by atoms with van der Waals surface area (Å²) in [6.07, 6.45) is 8.33. The van der Waals surface area contributed by atoms with Crippen molar-refractivity contribution in [2.75, 3.05) is 0 Å². The Morgan fingerprint density at radius 2 is 1.85 bits per heavy atom. The van der Waals surface area contributed by atoms with Crippen LogP contribution in [0.15, 0.2) is 30.9 Å². The maximum absolute atomic E-state index is 4.70. The van der Waals surface area contributed by atoms with Crippen LogP contribution < -0.4 is 0 Å². The predicted octanol–water partition coefficient (Wildman–Crippen LogP) is 2.38. The van der Waals surface area contributed by atoms with Gasteiger partial charge in [0.25, 0.3) is 5.78 Å². The Hall–Kier alpha value is -2.90. The average molecular weight is 350 g/mol. The van der Waals surface area contributed by atoms with Gasteiger partial charge in [0.1, 0.15) is 5.82 Å². The van der Waals surface area contributed by atoms with Gasteiger partial charge in [-0.3, -0.25) is 4.40 Å². The van der Waals surface area contributed by atoms with E-state index in [-0.39, 0.29) is 10.8 Å². The largest absolute Gasteiger partial charge is 0.270 e. The summed E-state index contributed by atoms with van der Waals surface area (Å²) in [4.78, 5) is 9.18. The molecule has 0 atom stereocenters. The zero-order valence-electron chi connectivity index (χ0n) is 15.7. The molecule has 4 rings (SSSR count). The Labute approximate surface area is 151 Å². The molecule has 4 aromatic rings. The lowest BCUT2D eigenvalue weighted by atomic mass is 9.84. The van der Waals surface area contributed by atoms with Gasteiger partial charge in [0.2, 0.25) is 0 Å².